The minimum Gasteiger partial charge on any atom is -0.382 e. The number of aromatic nitrogens is 4. The molecule has 0 aliphatic heterocycles. The second kappa shape index (κ2) is 8.93. The fourth-order valence-corrected chi connectivity index (χ4v) is 3.60. The van der Waals surface area contributed by atoms with Crippen molar-refractivity contribution in [2.24, 2.45) is 0 Å². The second-order valence-corrected chi connectivity index (χ2v) is 7.11. The maximum atomic E-state index is 12.5. The third-order valence-electron chi connectivity index (χ3n) is 5.11. The Balaban J connectivity index is 1.69. The maximum Gasteiger partial charge on any atom is 0.256 e. The topological polar surface area (TPSA) is 110 Å². The van der Waals surface area contributed by atoms with Gasteiger partial charge in [-0.3, -0.25) is 9.20 Å². The molecule has 0 radical (unpaired) electrons. The smallest absolute Gasteiger partial charge is 0.256 e. The van der Waals surface area contributed by atoms with Gasteiger partial charge in [-0.15, -0.1) is 0 Å². The van der Waals surface area contributed by atoms with Crippen LogP contribution in [-0.2, 0) is 0 Å². The molecule has 1 amide bonds. The number of pyridine rings is 1. The summed E-state index contributed by atoms with van der Waals surface area (Å²) in [5, 5.41) is 6.26. The van der Waals surface area contributed by atoms with Gasteiger partial charge in [0.05, 0.1) is 6.04 Å². The molecule has 8 heteroatoms. The van der Waals surface area contributed by atoms with Crippen molar-refractivity contribution in [3.05, 3.63) is 72.4 Å². The number of nitrogens with two attached hydrogens (primary N) is 1. The largest absolute Gasteiger partial charge is 0.382 e. The summed E-state index contributed by atoms with van der Waals surface area (Å²) in [6.07, 6.45) is 6.09. The van der Waals surface area contributed by atoms with Gasteiger partial charge >= 0.3 is 0 Å². The number of rotatable bonds is 7. The molecule has 3 aromatic heterocycles. The van der Waals surface area contributed by atoms with Crippen molar-refractivity contribution in [1.82, 2.24) is 24.7 Å². The molecule has 0 aliphatic carbocycles. The lowest BCUT2D eigenvalue weighted by atomic mass is 10.1. The van der Waals surface area contributed by atoms with Crippen molar-refractivity contribution in [3.8, 4) is 11.3 Å². The molecule has 0 bridgehead atoms. The highest BCUT2D eigenvalue weighted by Gasteiger charge is 2.21. The van der Waals surface area contributed by atoms with E-state index in [2.05, 4.69) is 34.4 Å². The Morgan fingerprint density at radius 2 is 1.90 bits per heavy atom. The van der Waals surface area contributed by atoms with E-state index >= 15 is 0 Å². The highest BCUT2D eigenvalue weighted by molar-refractivity contribution is 6.04. The highest BCUT2D eigenvalue weighted by Crippen LogP contribution is 2.31. The second-order valence-electron chi connectivity index (χ2n) is 7.11. The van der Waals surface area contributed by atoms with Gasteiger partial charge < -0.3 is 16.4 Å². The third-order valence-corrected chi connectivity index (χ3v) is 5.11. The number of nitrogens with one attached hydrogen (secondary N) is 2. The van der Waals surface area contributed by atoms with Crippen LogP contribution >= 0.6 is 0 Å². The average molecular weight is 416 g/mol. The number of amides is 1. The van der Waals surface area contributed by atoms with Crippen LogP contribution in [0, 0.1) is 0 Å². The Morgan fingerprint density at radius 3 is 2.58 bits per heavy atom. The molecule has 0 saturated heterocycles. The summed E-state index contributed by atoms with van der Waals surface area (Å²) < 4.78 is 2.00. The predicted molar refractivity (Wildman–Crippen MR) is 122 cm³/mol. The Bertz CT molecular complexity index is 1190. The normalized spacial score (nSPS) is 12.1. The van der Waals surface area contributed by atoms with E-state index in [1.807, 2.05) is 28.8 Å². The fourth-order valence-electron chi connectivity index (χ4n) is 3.60. The summed E-state index contributed by atoms with van der Waals surface area (Å²) in [6.45, 7) is 5.03. The zero-order valence-corrected chi connectivity index (χ0v) is 17.5. The van der Waals surface area contributed by atoms with Crippen LogP contribution in [0.25, 0.3) is 16.8 Å². The summed E-state index contributed by atoms with van der Waals surface area (Å²) >= 11 is 0. The zero-order valence-electron chi connectivity index (χ0n) is 17.5. The van der Waals surface area contributed by atoms with Gasteiger partial charge in [0.15, 0.2) is 0 Å². The monoisotopic (exact) mass is 415 g/mol. The van der Waals surface area contributed by atoms with E-state index in [0.717, 1.165) is 35.6 Å². The molecule has 0 saturated carbocycles. The Morgan fingerprint density at radius 1 is 1.10 bits per heavy atom. The summed E-state index contributed by atoms with van der Waals surface area (Å²) in [4.78, 5) is 25.8. The van der Waals surface area contributed by atoms with Crippen LogP contribution in [0.15, 0.2) is 61.1 Å². The predicted octanol–water partition coefficient (Wildman–Crippen LogP) is 3.69. The molecular weight excluding hydrogens is 390 g/mol. The molecule has 0 spiro atoms. The number of fused-ring (bicyclic) bond motifs is 1. The third kappa shape index (κ3) is 4.10. The molecule has 4 aromatic rings. The minimum absolute atomic E-state index is 0.0940. The van der Waals surface area contributed by atoms with E-state index in [4.69, 9.17) is 10.7 Å². The van der Waals surface area contributed by atoms with Gasteiger partial charge in [-0.1, -0.05) is 32.0 Å². The molecular formula is C23H25N7O. The lowest BCUT2D eigenvalue weighted by Gasteiger charge is -2.14. The van der Waals surface area contributed by atoms with Crippen LogP contribution in [-0.4, -0.2) is 31.8 Å². The minimum atomic E-state index is -0.222. The highest BCUT2D eigenvalue weighted by atomic mass is 16.1. The van der Waals surface area contributed by atoms with Crippen molar-refractivity contribution in [3.63, 3.8) is 0 Å². The first-order valence-corrected chi connectivity index (χ1v) is 10.3. The Hall–Kier alpha value is -3.78. The number of carbonyl (C=O) groups excluding carboxylic acids is 1. The van der Waals surface area contributed by atoms with Gasteiger partial charge in [0, 0.05) is 29.7 Å². The van der Waals surface area contributed by atoms with Crippen molar-refractivity contribution < 1.29 is 4.79 Å². The van der Waals surface area contributed by atoms with Crippen LogP contribution < -0.4 is 16.4 Å². The number of anilines is 2. The van der Waals surface area contributed by atoms with Gasteiger partial charge in [-0.2, -0.15) is 0 Å². The molecule has 1 aromatic carbocycles. The van der Waals surface area contributed by atoms with Gasteiger partial charge in [-0.25, -0.2) is 15.0 Å². The molecule has 3 heterocycles. The number of carbonyl (C=O) groups is 1. The quantitative estimate of drug-likeness (QED) is 0.425. The standard InChI is InChI=1S/C23H25N7O/c1-3-17(25-4-2)22-29-19(20-21(24)27-13-14-30(20)22)15-8-10-16(11-9-15)23(31)28-18-7-5-6-12-26-18/h5-14,17,25H,3-4H2,1-2H3,(H2,24,27)(H,26,28,31). The Kier molecular flexibility index (Phi) is 5.90. The molecule has 158 valence electrons. The van der Waals surface area contributed by atoms with E-state index in [0.29, 0.717) is 17.2 Å². The molecule has 0 aliphatic rings. The SMILES string of the molecule is CCNC(CC)c1nc(-c2ccc(C(=O)Nc3ccccn3)cc2)c2c(N)nccn12. The summed E-state index contributed by atoms with van der Waals surface area (Å²) in [6, 6.07) is 12.8. The molecule has 1 unspecified atom stereocenters. The number of nitrogens with zero attached hydrogens (tertiary/aromatic N) is 4. The Labute approximate surface area is 180 Å². The maximum absolute atomic E-state index is 12.5. The summed E-state index contributed by atoms with van der Waals surface area (Å²) in [5.74, 6) is 1.59. The lowest BCUT2D eigenvalue weighted by Crippen LogP contribution is -2.22. The van der Waals surface area contributed by atoms with Crippen LogP contribution in [0.1, 0.15) is 42.5 Å². The molecule has 0 fully saturated rings. The van der Waals surface area contributed by atoms with E-state index < -0.39 is 0 Å². The number of benzene rings is 1. The van der Waals surface area contributed by atoms with Crippen LogP contribution in [0.2, 0.25) is 0 Å². The molecule has 4 N–H and O–H groups in total. The van der Waals surface area contributed by atoms with Crippen molar-refractivity contribution in [2.45, 2.75) is 26.3 Å². The molecule has 31 heavy (non-hydrogen) atoms. The van der Waals surface area contributed by atoms with Crippen molar-refractivity contribution in [2.75, 3.05) is 17.6 Å². The van der Waals surface area contributed by atoms with E-state index in [1.165, 1.54) is 0 Å². The number of nitrogen functional groups attached to an aromatic ring is 1. The van der Waals surface area contributed by atoms with E-state index in [-0.39, 0.29) is 11.9 Å². The van der Waals surface area contributed by atoms with Crippen molar-refractivity contribution >= 4 is 23.1 Å². The van der Waals surface area contributed by atoms with Gasteiger partial charge in [0.25, 0.3) is 5.91 Å². The lowest BCUT2D eigenvalue weighted by molar-refractivity contribution is 0.102. The van der Waals surface area contributed by atoms with E-state index in [1.54, 1.807) is 36.7 Å². The number of imidazole rings is 1. The first kappa shape index (κ1) is 20.5. The molecule has 1 atom stereocenters. The molecule has 4 rings (SSSR count). The summed E-state index contributed by atoms with van der Waals surface area (Å²) in [5.41, 5.74) is 9.13. The zero-order chi connectivity index (χ0) is 21.8. The van der Waals surface area contributed by atoms with Gasteiger partial charge in [0.1, 0.15) is 28.7 Å². The van der Waals surface area contributed by atoms with Crippen LogP contribution in [0.3, 0.4) is 0 Å². The van der Waals surface area contributed by atoms with Gasteiger partial charge in [0.2, 0.25) is 0 Å². The van der Waals surface area contributed by atoms with Crippen LogP contribution in [0.4, 0.5) is 11.6 Å². The number of hydrogen-bond acceptors (Lipinski definition) is 6. The first-order chi connectivity index (χ1) is 15.1. The molecule has 8 nitrogen and oxygen atoms in total. The fraction of sp³-hybridized carbons (Fsp3) is 0.217. The van der Waals surface area contributed by atoms with Crippen LogP contribution in [0.5, 0.6) is 0 Å². The van der Waals surface area contributed by atoms with Crippen molar-refractivity contribution in [1.29, 1.82) is 0 Å². The number of hydrogen-bond donors (Lipinski definition) is 3. The van der Waals surface area contributed by atoms with E-state index in [9.17, 15) is 4.79 Å². The summed E-state index contributed by atoms with van der Waals surface area (Å²) in [7, 11) is 0. The first-order valence-electron chi connectivity index (χ1n) is 10.3. The average Bonchev–Trinajstić information content (AvgIpc) is 3.19. The van der Waals surface area contributed by atoms with Gasteiger partial charge in [-0.05, 0) is 37.2 Å².